The van der Waals surface area contributed by atoms with Crippen LogP contribution in [0.25, 0.3) is 0 Å². The molecule has 2 unspecified atom stereocenters. The molecule has 4 heteroatoms. The number of hydrogen-bond donors (Lipinski definition) is 1. The third-order valence-electron chi connectivity index (χ3n) is 3.15. The van der Waals surface area contributed by atoms with Gasteiger partial charge in [-0.2, -0.15) is 0 Å². The van der Waals surface area contributed by atoms with E-state index in [9.17, 15) is 8.42 Å². The van der Waals surface area contributed by atoms with Crippen molar-refractivity contribution in [1.29, 1.82) is 0 Å². The van der Waals surface area contributed by atoms with E-state index in [0.29, 0.717) is 5.92 Å². The van der Waals surface area contributed by atoms with Crippen LogP contribution in [-0.4, -0.2) is 20.2 Å². The van der Waals surface area contributed by atoms with Crippen molar-refractivity contribution in [2.75, 3.05) is 5.75 Å². The Labute approximate surface area is 109 Å². The Kier molecular flexibility index (Phi) is 3.88. The highest BCUT2D eigenvalue weighted by Crippen LogP contribution is 2.23. The van der Waals surface area contributed by atoms with E-state index < -0.39 is 9.84 Å². The van der Waals surface area contributed by atoms with E-state index in [4.69, 9.17) is 0 Å². The van der Waals surface area contributed by atoms with Gasteiger partial charge in [-0.25, -0.2) is 8.42 Å². The Balaban J connectivity index is 2.12. The first-order chi connectivity index (χ1) is 8.48. The summed E-state index contributed by atoms with van der Waals surface area (Å²) in [6, 6.07) is 10.2. The van der Waals surface area contributed by atoms with Crippen molar-refractivity contribution < 1.29 is 8.42 Å². The minimum Gasteiger partial charge on any atom is -0.302 e. The molecule has 0 fully saturated rings. The molecule has 0 saturated carbocycles. The van der Waals surface area contributed by atoms with Gasteiger partial charge < -0.3 is 5.32 Å². The first-order valence-corrected chi connectivity index (χ1v) is 7.91. The molecule has 98 valence electrons. The van der Waals surface area contributed by atoms with Crippen LogP contribution < -0.4 is 5.32 Å². The van der Waals surface area contributed by atoms with Gasteiger partial charge in [0.05, 0.1) is 5.75 Å². The van der Waals surface area contributed by atoms with Crippen molar-refractivity contribution in [2.45, 2.75) is 25.9 Å². The lowest BCUT2D eigenvalue weighted by Crippen LogP contribution is -2.36. The lowest BCUT2D eigenvalue weighted by molar-refractivity contribution is 0.396. The van der Waals surface area contributed by atoms with Crippen LogP contribution in [0.5, 0.6) is 0 Å². The molecule has 0 aliphatic carbocycles. The van der Waals surface area contributed by atoms with Gasteiger partial charge in [-0.15, -0.1) is 0 Å². The van der Waals surface area contributed by atoms with Gasteiger partial charge in [0, 0.05) is 17.5 Å². The lowest BCUT2D eigenvalue weighted by atomic mass is 9.95. The minimum atomic E-state index is -2.99. The van der Waals surface area contributed by atoms with Gasteiger partial charge in [0.15, 0.2) is 9.84 Å². The van der Waals surface area contributed by atoms with Crippen LogP contribution in [0, 0.1) is 5.92 Å². The van der Waals surface area contributed by atoms with Gasteiger partial charge in [-0.05, 0) is 11.5 Å². The molecule has 1 aliphatic heterocycles. The molecule has 2 rings (SSSR count). The number of sulfone groups is 1. The summed E-state index contributed by atoms with van der Waals surface area (Å²) in [4.78, 5) is 0. The van der Waals surface area contributed by atoms with Crippen molar-refractivity contribution in [3.8, 4) is 0 Å². The van der Waals surface area contributed by atoms with Gasteiger partial charge in [-0.1, -0.05) is 50.3 Å². The summed E-state index contributed by atoms with van der Waals surface area (Å²) in [7, 11) is -2.99. The largest absolute Gasteiger partial charge is 0.302 e. The van der Waals surface area contributed by atoms with Crippen molar-refractivity contribution in [2.24, 2.45) is 5.92 Å². The average Bonchev–Trinajstić information content (AvgIpc) is 2.66. The number of nitrogens with one attached hydrogen (secondary N) is 1. The third-order valence-corrected chi connectivity index (χ3v) is 4.54. The molecule has 1 N–H and O–H groups in total. The maximum atomic E-state index is 11.4. The molecule has 1 aromatic carbocycles. The predicted octanol–water partition coefficient (Wildman–Crippen LogP) is 2.28. The molecule has 0 saturated heterocycles. The second kappa shape index (κ2) is 5.24. The zero-order valence-electron chi connectivity index (χ0n) is 10.7. The predicted molar refractivity (Wildman–Crippen MR) is 73.9 cm³/mol. The van der Waals surface area contributed by atoms with E-state index in [1.165, 1.54) is 11.0 Å². The summed E-state index contributed by atoms with van der Waals surface area (Å²) >= 11 is 0. The second-order valence-corrected chi connectivity index (χ2v) is 6.99. The summed E-state index contributed by atoms with van der Waals surface area (Å²) in [6.07, 6.45) is 1.74. The number of hydrogen-bond acceptors (Lipinski definition) is 3. The Morgan fingerprint density at radius 3 is 2.39 bits per heavy atom. The van der Waals surface area contributed by atoms with E-state index in [-0.39, 0.29) is 17.8 Å². The summed E-state index contributed by atoms with van der Waals surface area (Å²) in [5, 5.41) is 4.73. The van der Waals surface area contributed by atoms with Gasteiger partial charge in [0.2, 0.25) is 0 Å². The molecular formula is C14H19NO2S. The summed E-state index contributed by atoms with van der Waals surface area (Å²) in [5.74, 6) is 0.576. The van der Waals surface area contributed by atoms with Crippen molar-refractivity contribution in [3.05, 3.63) is 47.4 Å². The van der Waals surface area contributed by atoms with Crippen LogP contribution in [0.4, 0.5) is 0 Å². The quantitative estimate of drug-likeness (QED) is 0.908. The van der Waals surface area contributed by atoms with Gasteiger partial charge in [0.25, 0.3) is 0 Å². The number of benzene rings is 1. The molecular weight excluding hydrogens is 246 g/mol. The first-order valence-electron chi connectivity index (χ1n) is 6.20. The highest BCUT2D eigenvalue weighted by atomic mass is 32.2. The fourth-order valence-corrected chi connectivity index (χ4v) is 3.49. The molecule has 2 atom stereocenters. The molecule has 0 bridgehead atoms. The van der Waals surface area contributed by atoms with Crippen LogP contribution in [0.1, 0.15) is 25.5 Å². The topological polar surface area (TPSA) is 46.2 Å². The molecule has 18 heavy (non-hydrogen) atoms. The maximum absolute atomic E-state index is 11.4. The number of rotatable bonds is 4. The highest BCUT2D eigenvalue weighted by Gasteiger charge is 2.25. The Morgan fingerprint density at radius 1 is 1.22 bits per heavy atom. The highest BCUT2D eigenvalue weighted by molar-refractivity contribution is 7.94. The zero-order valence-corrected chi connectivity index (χ0v) is 11.5. The Morgan fingerprint density at radius 2 is 1.89 bits per heavy atom. The first kappa shape index (κ1) is 13.3. The van der Waals surface area contributed by atoms with E-state index in [0.717, 1.165) is 0 Å². The molecule has 1 aliphatic rings. The van der Waals surface area contributed by atoms with Gasteiger partial charge in [-0.3, -0.25) is 0 Å². The molecule has 0 aromatic heterocycles. The summed E-state index contributed by atoms with van der Waals surface area (Å²) in [6.45, 7) is 4.27. The summed E-state index contributed by atoms with van der Waals surface area (Å²) < 4.78 is 22.8. The zero-order chi connectivity index (χ0) is 13.2. The van der Waals surface area contributed by atoms with Gasteiger partial charge in [0.1, 0.15) is 0 Å². The fourth-order valence-electron chi connectivity index (χ4n) is 2.24. The normalized spacial score (nSPS) is 23.4. The van der Waals surface area contributed by atoms with Crippen LogP contribution in [0.15, 0.2) is 41.8 Å². The van der Waals surface area contributed by atoms with Gasteiger partial charge >= 0.3 is 0 Å². The average molecular weight is 265 g/mol. The smallest absolute Gasteiger partial charge is 0.173 e. The SMILES string of the molecule is CC(C)C(NC1C=CS(=O)(=O)C1)c1ccccc1. The van der Waals surface area contributed by atoms with Crippen LogP contribution in [0.2, 0.25) is 0 Å². The van der Waals surface area contributed by atoms with E-state index >= 15 is 0 Å². The molecule has 0 radical (unpaired) electrons. The van der Waals surface area contributed by atoms with Crippen molar-refractivity contribution in [3.63, 3.8) is 0 Å². The van der Waals surface area contributed by atoms with E-state index in [2.05, 4.69) is 31.3 Å². The standard InChI is InChI=1S/C14H19NO2S/c1-11(2)14(12-6-4-3-5-7-12)15-13-8-9-18(16,17)10-13/h3-9,11,13-15H,10H2,1-2H3. The van der Waals surface area contributed by atoms with E-state index in [1.807, 2.05) is 18.2 Å². The minimum absolute atomic E-state index is 0.0809. The van der Waals surface area contributed by atoms with Crippen molar-refractivity contribution in [1.82, 2.24) is 5.32 Å². The molecule has 1 aromatic rings. The molecule has 0 amide bonds. The van der Waals surface area contributed by atoms with Crippen LogP contribution in [-0.2, 0) is 9.84 Å². The van der Waals surface area contributed by atoms with E-state index in [1.54, 1.807) is 6.08 Å². The third kappa shape index (κ3) is 3.21. The maximum Gasteiger partial charge on any atom is 0.173 e. The van der Waals surface area contributed by atoms with Crippen LogP contribution >= 0.6 is 0 Å². The van der Waals surface area contributed by atoms with Crippen LogP contribution in [0.3, 0.4) is 0 Å². The second-order valence-electron chi connectivity index (χ2n) is 5.06. The summed E-state index contributed by atoms with van der Waals surface area (Å²) in [5.41, 5.74) is 1.20. The molecule has 3 nitrogen and oxygen atoms in total. The van der Waals surface area contributed by atoms with Crippen molar-refractivity contribution >= 4 is 9.84 Å². The molecule has 0 spiro atoms. The monoisotopic (exact) mass is 265 g/mol. The Bertz CT molecular complexity index is 520. The Hall–Kier alpha value is -1.13. The molecule has 1 heterocycles. The lowest BCUT2D eigenvalue weighted by Gasteiger charge is -2.25. The fraction of sp³-hybridized carbons (Fsp3) is 0.429.